The summed E-state index contributed by atoms with van der Waals surface area (Å²) in [4.78, 5) is 51.1. The summed E-state index contributed by atoms with van der Waals surface area (Å²) in [6.07, 6.45) is -2.32. The molecule has 228 valence electrons. The largest absolute Gasteiger partial charge is 0.458 e. The minimum Gasteiger partial charge on any atom is -0.458 e. The summed E-state index contributed by atoms with van der Waals surface area (Å²) < 4.78 is 84.9. The fraction of sp³-hybridized carbons (Fsp3) is 0.630. The third-order valence-electron chi connectivity index (χ3n) is 9.12. The van der Waals surface area contributed by atoms with Crippen LogP contribution in [0.25, 0.3) is 11.2 Å². The molecule has 0 spiro atoms. The first kappa shape index (κ1) is 28.8. The van der Waals surface area contributed by atoms with Crippen molar-refractivity contribution in [3.05, 3.63) is 23.8 Å². The predicted octanol–water partition coefficient (Wildman–Crippen LogP) is 3.09. The molecule has 6 rings (SSSR count). The molecule has 3 heterocycles. The summed E-state index contributed by atoms with van der Waals surface area (Å²) in [5, 5.41) is -4.75. The molecular formula is C27H28F2O12S. The second kappa shape index (κ2) is 9.86. The van der Waals surface area contributed by atoms with E-state index in [9.17, 15) is 36.4 Å². The van der Waals surface area contributed by atoms with Gasteiger partial charge in [-0.05, 0) is 57.2 Å². The third kappa shape index (κ3) is 4.51. The van der Waals surface area contributed by atoms with Gasteiger partial charge >= 0.3 is 39.2 Å². The Labute approximate surface area is 238 Å². The highest BCUT2D eigenvalue weighted by atomic mass is 32.2. The molecule has 7 atom stereocenters. The van der Waals surface area contributed by atoms with Crippen molar-refractivity contribution in [3.8, 4) is 0 Å². The van der Waals surface area contributed by atoms with Crippen molar-refractivity contribution >= 4 is 45.2 Å². The number of fused-ring (bicyclic) bond motifs is 3. The van der Waals surface area contributed by atoms with Crippen LogP contribution >= 0.6 is 0 Å². The molecule has 1 N–H and O–H groups in total. The van der Waals surface area contributed by atoms with E-state index in [1.54, 1.807) is 0 Å². The molecule has 4 aliphatic rings. The summed E-state index contributed by atoms with van der Waals surface area (Å²) in [5.41, 5.74) is 1.20. The van der Waals surface area contributed by atoms with Gasteiger partial charge in [0.05, 0.1) is 24.7 Å². The van der Waals surface area contributed by atoms with Gasteiger partial charge in [0.2, 0.25) is 0 Å². The maximum Gasteiger partial charge on any atom is 0.405 e. The molecule has 3 saturated carbocycles. The molecule has 12 nitrogen and oxygen atoms in total. The van der Waals surface area contributed by atoms with Crippen molar-refractivity contribution in [1.82, 2.24) is 0 Å². The molecule has 42 heavy (non-hydrogen) atoms. The van der Waals surface area contributed by atoms with Gasteiger partial charge in [-0.15, -0.1) is 0 Å². The van der Waals surface area contributed by atoms with E-state index in [0.717, 1.165) is 18.4 Å². The molecule has 7 unspecified atom stereocenters. The predicted molar refractivity (Wildman–Crippen MR) is 133 cm³/mol. The summed E-state index contributed by atoms with van der Waals surface area (Å²) in [5.74, 6) is -5.96. The molecule has 1 saturated heterocycles. The number of ether oxygens (including phenoxy) is 4. The molecule has 3 aliphatic carbocycles. The Bertz CT molecular complexity index is 1530. The maximum atomic E-state index is 13.7. The molecule has 0 amide bonds. The lowest BCUT2D eigenvalue weighted by Gasteiger charge is -2.34. The van der Waals surface area contributed by atoms with E-state index in [0.29, 0.717) is 37.4 Å². The van der Waals surface area contributed by atoms with Crippen molar-refractivity contribution in [2.75, 3.05) is 0 Å². The van der Waals surface area contributed by atoms with Gasteiger partial charge in [-0.1, -0.05) is 0 Å². The number of esters is 4. The van der Waals surface area contributed by atoms with Crippen molar-refractivity contribution < 1.29 is 64.3 Å². The molecular weight excluding hydrogens is 586 g/mol. The Morgan fingerprint density at radius 1 is 1.14 bits per heavy atom. The van der Waals surface area contributed by atoms with Gasteiger partial charge in [0.25, 0.3) is 0 Å². The SMILES string of the molecule is CC(OC(=O)CCC(=O)OC1C2CC3C1OC(=O)C3C2C(=O)OC1(c2cc3ccc2o3)CCCC1)C(F)(F)S(=O)(=O)O. The van der Waals surface area contributed by atoms with E-state index < -0.39 is 93.8 Å². The number of alkyl halides is 2. The minimum atomic E-state index is -5.84. The van der Waals surface area contributed by atoms with Crippen LogP contribution in [0.4, 0.5) is 8.78 Å². The average Bonchev–Trinajstić information content (AvgIpc) is 3.74. The molecule has 2 aromatic heterocycles. The Morgan fingerprint density at radius 3 is 2.45 bits per heavy atom. The van der Waals surface area contributed by atoms with Gasteiger partial charge < -0.3 is 23.4 Å². The van der Waals surface area contributed by atoms with Crippen LogP contribution in [0.5, 0.6) is 0 Å². The number of furan rings is 2. The minimum absolute atomic E-state index is 0.358. The lowest BCUT2D eigenvalue weighted by molar-refractivity contribution is -0.176. The zero-order chi connectivity index (χ0) is 30.2. The van der Waals surface area contributed by atoms with E-state index in [2.05, 4.69) is 4.74 Å². The fourth-order valence-corrected chi connectivity index (χ4v) is 7.66. The molecule has 4 bridgehead atoms. The molecule has 1 aliphatic heterocycles. The third-order valence-corrected chi connectivity index (χ3v) is 10.1. The lowest BCUT2D eigenvalue weighted by atomic mass is 9.78. The van der Waals surface area contributed by atoms with Gasteiger partial charge in [0, 0.05) is 17.4 Å². The van der Waals surface area contributed by atoms with Crippen LogP contribution in [0.2, 0.25) is 0 Å². The van der Waals surface area contributed by atoms with E-state index >= 15 is 0 Å². The quantitative estimate of drug-likeness (QED) is 0.236. The highest BCUT2D eigenvalue weighted by Crippen LogP contribution is 2.60. The summed E-state index contributed by atoms with van der Waals surface area (Å²) >= 11 is 0. The number of carbonyl (C=O) groups is 4. The van der Waals surface area contributed by atoms with E-state index in [1.165, 1.54) is 0 Å². The average molecular weight is 615 g/mol. The summed E-state index contributed by atoms with van der Waals surface area (Å²) in [6, 6.07) is 5.50. The van der Waals surface area contributed by atoms with Crippen LogP contribution in [-0.4, -0.2) is 60.4 Å². The van der Waals surface area contributed by atoms with Crippen LogP contribution < -0.4 is 0 Å². The van der Waals surface area contributed by atoms with Crippen LogP contribution in [-0.2, 0) is 53.8 Å². The van der Waals surface area contributed by atoms with E-state index in [-0.39, 0.29) is 5.92 Å². The second-order valence-corrected chi connectivity index (χ2v) is 13.0. The molecule has 4 fully saturated rings. The van der Waals surface area contributed by atoms with Crippen molar-refractivity contribution in [3.63, 3.8) is 0 Å². The van der Waals surface area contributed by atoms with Crippen LogP contribution in [0, 0.1) is 23.7 Å². The van der Waals surface area contributed by atoms with Crippen LogP contribution in [0.1, 0.15) is 57.4 Å². The Hall–Kier alpha value is -3.33. The number of hydrogen-bond donors (Lipinski definition) is 1. The van der Waals surface area contributed by atoms with E-state index in [1.807, 2.05) is 18.2 Å². The molecule has 0 radical (unpaired) electrons. The van der Waals surface area contributed by atoms with Gasteiger partial charge in [0.15, 0.2) is 6.10 Å². The van der Waals surface area contributed by atoms with E-state index in [4.69, 9.17) is 23.2 Å². The first-order chi connectivity index (χ1) is 19.7. The molecule has 15 heteroatoms. The zero-order valence-corrected chi connectivity index (χ0v) is 23.1. The normalized spacial score (nSPS) is 30.4. The summed E-state index contributed by atoms with van der Waals surface area (Å²) in [6.45, 7) is 0.577. The standard InChI is InChI=1S/C27H28F2O12S/c1-12(27(28,29)42(34,35)36)37-18(30)6-7-19(31)39-22-15-11-14-20(24(32)40-23(14)22)21(15)25(33)41-26(8-2-3-9-26)16-10-13-4-5-17(16)38-13/h4-5,10,12,14-15,20-23H,2-3,6-9,11H2,1H3,(H,34,35,36). The van der Waals surface area contributed by atoms with Crippen molar-refractivity contribution in [2.24, 2.45) is 23.7 Å². The monoisotopic (exact) mass is 614 g/mol. The molecule has 2 aromatic rings. The second-order valence-electron chi connectivity index (χ2n) is 11.5. The van der Waals surface area contributed by atoms with Crippen molar-refractivity contribution in [2.45, 2.75) is 81.0 Å². The Kier molecular flexibility index (Phi) is 6.76. The van der Waals surface area contributed by atoms with Crippen LogP contribution in [0.15, 0.2) is 22.6 Å². The molecule has 0 aromatic carbocycles. The summed E-state index contributed by atoms with van der Waals surface area (Å²) in [7, 11) is -5.84. The Balaban J connectivity index is 1.11. The number of halogens is 2. The first-order valence-corrected chi connectivity index (χ1v) is 15.2. The Morgan fingerprint density at radius 2 is 1.83 bits per heavy atom. The van der Waals surface area contributed by atoms with Gasteiger partial charge in [0.1, 0.15) is 29.0 Å². The number of benzene rings is 1. The number of carbonyl (C=O) groups excluding carboxylic acids is 4. The van der Waals surface area contributed by atoms with Gasteiger partial charge in [-0.25, -0.2) is 0 Å². The smallest absolute Gasteiger partial charge is 0.405 e. The van der Waals surface area contributed by atoms with Gasteiger partial charge in [-0.2, -0.15) is 17.2 Å². The fourth-order valence-electron chi connectivity index (χ4n) is 7.20. The maximum absolute atomic E-state index is 13.7. The van der Waals surface area contributed by atoms with Gasteiger partial charge in [-0.3, -0.25) is 23.7 Å². The highest BCUT2D eigenvalue weighted by molar-refractivity contribution is 7.86. The first-order valence-electron chi connectivity index (χ1n) is 13.7. The lowest BCUT2D eigenvalue weighted by Crippen LogP contribution is -2.45. The van der Waals surface area contributed by atoms with Crippen LogP contribution in [0.3, 0.4) is 0 Å². The zero-order valence-electron chi connectivity index (χ0n) is 22.3. The van der Waals surface area contributed by atoms with Crippen molar-refractivity contribution in [1.29, 1.82) is 0 Å². The number of rotatable bonds is 10. The topological polar surface area (TPSA) is 173 Å². The highest BCUT2D eigenvalue weighted by Gasteiger charge is 2.70. The number of hydrogen-bond acceptors (Lipinski definition) is 11.